The number of nitrogens with zero attached hydrogens (tertiary/aromatic N) is 5. The summed E-state index contributed by atoms with van der Waals surface area (Å²) in [7, 11) is 0. The van der Waals surface area contributed by atoms with Crippen LogP contribution in [0.5, 0.6) is 0 Å². The molecule has 0 radical (unpaired) electrons. The standard InChI is InChI=1S/5C5H11NS2.La.Zn/c5*1-3-6(4-2)5(7)8;;/h5*3-4H2,1-2H3,(H,7,8);;/q;;;;;+3;+2/p-5. The van der Waals surface area contributed by atoms with Gasteiger partial charge in [0.25, 0.3) is 0 Å². The van der Waals surface area contributed by atoms with Crippen LogP contribution >= 0.6 is 61.1 Å². The molecular formula is C25H50LaN5S10Zn. The predicted octanol–water partition coefficient (Wildman–Crippen LogP) is 5.80. The third-order valence-electron chi connectivity index (χ3n) is 5.11. The van der Waals surface area contributed by atoms with Gasteiger partial charge in [0.2, 0.25) is 0 Å². The zero-order chi connectivity index (χ0) is 32.8. The normalized spacial score (nSPS) is 8.33. The van der Waals surface area contributed by atoms with E-state index in [0.29, 0.717) is 21.6 Å². The van der Waals surface area contributed by atoms with Crippen LogP contribution in [-0.2, 0) is 82.6 Å². The van der Waals surface area contributed by atoms with Crippen molar-refractivity contribution in [3.8, 4) is 0 Å². The average molecular weight is 946 g/mol. The molecule has 42 heavy (non-hydrogen) atoms. The first-order valence-electron chi connectivity index (χ1n) is 13.4. The van der Waals surface area contributed by atoms with Crippen molar-refractivity contribution in [1.29, 1.82) is 0 Å². The summed E-state index contributed by atoms with van der Waals surface area (Å²) in [6.45, 7) is 29.7. The van der Waals surface area contributed by atoms with Gasteiger partial charge in [0, 0.05) is 65.4 Å². The molecule has 0 amide bonds. The fraction of sp³-hybridized carbons (Fsp3) is 0.800. The molecule has 0 aliphatic carbocycles. The van der Waals surface area contributed by atoms with Crippen LogP contribution in [0.1, 0.15) is 69.2 Å². The predicted molar refractivity (Wildman–Crippen MR) is 214 cm³/mol. The summed E-state index contributed by atoms with van der Waals surface area (Å²) in [5, 5.41) is 0. The van der Waals surface area contributed by atoms with Gasteiger partial charge in [0.1, 0.15) is 0 Å². The van der Waals surface area contributed by atoms with Crippen LogP contribution in [0.2, 0.25) is 0 Å². The first kappa shape index (κ1) is 59.8. The minimum Gasteiger partial charge on any atom is -0.411 e. The fourth-order valence-electron chi connectivity index (χ4n) is 2.41. The molecule has 0 saturated carbocycles. The maximum absolute atomic E-state index is 4.76. The van der Waals surface area contributed by atoms with Crippen LogP contribution in [0, 0.1) is 35.6 Å². The molecule has 0 saturated heterocycles. The van der Waals surface area contributed by atoms with E-state index in [1.807, 2.05) is 93.7 Å². The minimum atomic E-state index is 0. The molecule has 0 aliphatic rings. The molecule has 0 atom stereocenters. The van der Waals surface area contributed by atoms with Crippen molar-refractivity contribution < 1.29 is 55.1 Å². The van der Waals surface area contributed by atoms with Gasteiger partial charge in [-0.25, -0.2) is 0 Å². The second-order valence-electron chi connectivity index (χ2n) is 7.19. The Kier molecular flexibility index (Phi) is 61.7. The Morgan fingerprint density at radius 3 is 0.405 bits per heavy atom. The van der Waals surface area contributed by atoms with Crippen LogP contribution in [0.25, 0.3) is 0 Å². The summed E-state index contributed by atoms with van der Waals surface area (Å²) in [6.07, 6.45) is 0. The third kappa shape index (κ3) is 40.4. The zero-order valence-corrected chi connectivity index (χ0v) is 41.9. The Labute approximate surface area is 355 Å². The van der Waals surface area contributed by atoms with E-state index < -0.39 is 0 Å². The van der Waals surface area contributed by atoms with Crippen LogP contribution in [0.3, 0.4) is 0 Å². The molecule has 0 spiro atoms. The van der Waals surface area contributed by atoms with E-state index in [9.17, 15) is 0 Å². The van der Waals surface area contributed by atoms with E-state index in [4.69, 9.17) is 124 Å². The summed E-state index contributed by atoms with van der Waals surface area (Å²) in [6, 6.07) is 0. The van der Waals surface area contributed by atoms with Gasteiger partial charge in [-0.15, -0.1) is 0 Å². The van der Waals surface area contributed by atoms with E-state index in [-0.39, 0.29) is 55.1 Å². The molecule has 0 aromatic rings. The van der Waals surface area contributed by atoms with Crippen molar-refractivity contribution >= 4 is 146 Å². The van der Waals surface area contributed by atoms with Gasteiger partial charge in [-0.1, -0.05) is 21.6 Å². The second kappa shape index (κ2) is 43.4. The van der Waals surface area contributed by atoms with Gasteiger partial charge in [0.15, 0.2) is 0 Å². The third-order valence-corrected chi connectivity index (χ3v) is 7.69. The molecule has 0 rings (SSSR count). The molecule has 0 heterocycles. The Morgan fingerprint density at radius 2 is 0.405 bits per heavy atom. The van der Waals surface area contributed by atoms with Gasteiger partial charge in [-0.2, -0.15) is 0 Å². The summed E-state index contributed by atoms with van der Waals surface area (Å²) >= 11 is 47.6. The molecule has 0 aromatic carbocycles. The average Bonchev–Trinajstić information content (AvgIpc) is 2.88. The number of rotatable bonds is 10. The number of thiocarbonyl (C=S) groups is 5. The quantitative estimate of drug-likeness (QED) is 0.149. The van der Waals surface area contributed by atoms with Gasteiger partial charge >= 0.3 is 55.1 Å². The van der Waals surface area contributed by atoms with Gasteiger partial charge in [-0.05, 0) is 69.2 Å². The van der Waals surface area contributed by atoms with E-state index >= 15 is 0 Å². The fourth-order valence-corrected chi connectivity index (χ4v) is 4.99. The van der Waals surface area contributed by atoms with Gasteiger partial charge in [0.05, 0.1) is 0 Å². The van der Waals surface area contributed by atoms with Crippen molar-refractivity contribution in [2.45, 2.75) is 69.2 Å². The van der Waals surface area contributed by atoms with Gasteiger partial charge in [-0.3, -0.25) is 0 Å². The number of hydrogen-bond donors (Lipinski definition) is 0. The summed E-state index contributed by atoms with van der Waals surface area (Å²) in [5.74, 6) is 0. The largest absolute Gasteiger partial charge is 3.00 e. The van der Waals surface area contributed by atoms with E-state index in [2.05, 4.69) is 0 Å². The molecule has 0 aromatic heterocycles. The Bertz CT molecular complexity index is 534. The SMILES string of the molecule is CCN(CC)C(=S)[S-].CCN(CC)C(=S)[S-].CCN(CC)C(=S)[S-].CCN(CC)C(=S)[S-].CCN(CC)C(=S)[S-].[La+3].[Zn+2]. The summed E-state index contributed by atoms with van der Waals surface area (Å²) < 4.78 is 2.89. The molecule has 240 valence electrons. The summed E-state index contributed by atoms with van der Waals surface area (Å²) in [5.41, 5.74) is 0. The van der Waals surface area contributed by atoms with Gasteiger partial charge < -0.3 is 149 Å². The number of hydrogen-bond acceptors (Lipinski definition) is 10. The van der Waals surface area contributed by atoms with E-state index in [0.717, 1.165) is 65.4 Å². The van der Waals surface area contributed by atoms with Crippen molar-refractivity contribution in [2.24, 2.45) is 0 Å². The van der Waals surface area contributed by atoms with Crippen LogP contribution in [-0.4, -0.2) is 112 Å². The maximum atomic E-state index is 4.76. The Morgan fingerprint density at radius 1 is 0.333 bits per heavy atom. The topological polar surface area (TPSA) is 16.2 Å². The van der Waals surface area contributed by atoms with Crippen molar-refractivity contribution in [3.05, 3.63) is 0 Å². The smallest absolute Gasteiger partial charge is 0.411 e. The van der Waals surface area contributed by atoms with Crippen LogP contribution in [0.4, 0.5) is 0 Å². The molecule has 5 nitrogen and oxygen atoms in total. The molecule has 17 heteroatoms. The van der Waals surface area contributed by atoms with E-state index in [1.54, 1.807) is 0 Å². The first-order chi connectivity index (χ1) is 18.6. The monoisotopic (exact) mass is 943 g/mol. The van der Waals surface area contributed by atoms with E-state index in [1.165, 1.54) is 0 Å². The molecular weight excluding hydrogens is 895 g/mol. The Hall–Kier alpha value is 2.37. The molecule has 0 fully saturated rings. The van der Waals surface area contributed by atoms with Crippen molar-refractivity contribution in [2.75, 3.05) is 65.4 Å². The summed E-state index contributed by atoms with van der Waals surface area (Å²) in [4.78, 5) is 9.81. The first-order valence-corrected chi connectivity index (χ1v) is 17.5. The van der Waals surface area contributed by atoms with Crippen molar-refractivity contribution in [3.63, 3.8) is 0 Å². The van der Waals surface area contributed by atoms with Crippen molar-refractivity contribution in [1.82, 2.24) is 24.5 Å². The minimum absolute atomic E-state index is 0. The van der Waals surface area contributed by atoms with Crippen LogP contribution < -0.4 is 0 Å². The molecule has 0 unspecified atom stereocenters. The Balaban J connectivity index is -0.0000000721. The second-order valence-corrected chi connectivity index (χ2v) is 12.4. The maximum Gasteiger partial charge on any atom is 3.00 e. The molecule has 0 N–H and O–H groups in total. The molecule has 0 aliphatic heterocycles. The van der Waals surface area contributed by atoms with Crippen LogP contribution in [0.15, 0.2) is 0 Å². The molecule has 0 bridgehead atoms. The zero-order valence-electron chi connectivity index (χ0n) is 27.2.